The van der Waals surface area contributed by atoms with E-state index in [1.54, 1.807) is 9.80 Å². The van der Waals surface area contributed by atoms with Crippen molar-refractivity contribution in [3.05, 3.63) is 96.1 Å². The Morgan fingerprint density at radius 1 is 0.458 bits per heavy atom. The number of anilines is 6. The number of carbonyl (C=O) groups is 2. The first-order valence-corrected chi connectivity index (χ1v) is 16.7. The second-order valence-electron chi connectivity index (χ2n) is 12.8. The molecule has 4 amide bonds. The van der Waals surface area contributed by atoms with Crippen LogP contribution in [-0.2, 0) is 0 Å². The summed E-state index contributed by atoms with van der Waals surface area (Å²) < 4.78 is 0. The summed E-state index contributed by atoms with van der Waals surface area (Å²) in [6.07, 6.45) is 1.70. The van der Waals surface area contributed by atoms with Crippen molar-refractivity contribution in [1.82, 2.24) is 0 Å². The lowest BCUT2D eigenvalue weighted by Gasteiger charge is -2.29. The number of amides is 4. The molecular formula is C40H52N6O2. The van der Waals surface area contributed by atoms with Gasteiger partial charge in [-0.05, 0) is 122 Å². The van der Waals surface area contributed by atoms with Crippen LogP contribution in [0.3, 0.4) is 0 Å². The van der Waals surface area contributed by atoms with Crippen LogP contribution >= 0.6 is 0 Å². The quantitative estimate of drug-likeness (QED) is 0.163. The maximum atomic E-state index is 13.8. The predicted octanol–water partition coefficient (Wildman–Crippen LogP) is 9.05. The number of nitrogens with zero attached hydrogens (tertiary/aromatic N) is 6. The van der Waals surface area contributed by atoms with Crippen molar-refractivity contribution in [2.24, 2.45) is 0 Å². The zero-order valence-electron chi connectivity index (χ0n) is 30.4. The van der Waals surface area contributed by atoms with Crippen LogP contribution in [0.4, 0.5) is 43.7 Å². The molecule has 0 heterocycles. The van der Waals surface area contributed by atoms with Gasteiger partial charge in [-0.3, -0.25) is 19.6 Å². The van der Waals surface area contributed by atoms with E-state index in [0.29, 0.717) is 13.1 Å². The predicted molar refractivity (Wildman–Crippen MR) is 206 cm³/mol. The van der Waals surface area contributed by atoms with Crippen LogP contribution in [0.15, 0.2) is 84.9 Å². The Kier molecular flexibility index (Phi) is 11.8. The van der Waals surface area contributed by atoms with E-state index in [1.165, 1.54) is 0 Å². The van der Waals surface area contributed by atoms with Crippen molar-refractivity contribution in [2.75, 3.05) is 84.8 Å². The average Bonchev–Trinajstić information content (AvgIpc) is 3.08. The number of hydrogen-bond donors (Lipinski definition) is 0. The molecule has 0 radical (unpaired) electrons. The Hall–Kier alpha value is -4.98. The summed E-state index contributed by atoms with van der Waals surface area (Å²) in [5, 5.41) is 0. The summed E-state index contributed by atoms with van der Waals surface area (Å²) in [6, 6.07) is 28.4. The smallest absolute Gasteiger partial charge is 0.328 e. The van der Waals surface area contributed by atoms with Gasteiger partial charge in [-0.25, -0.2) is 9.59 Å². The Morgan fingerprint density at radius 2 is 0.750 bits per heavy atom. The zero-order chi connectivity index (χ0) is 35.1. The topological polar surface area (TPSA) is 53.6 Å². The van der Waals surface area contributed by atoms with Gasteiger partial charge in [-0.2, -0.15) is 0 Å². The van der Waals surface area contributed by atoms with Crippen molar-refractivity contribution in [2.45, 2.75) is 40.5 Å². The SMILES string of the molecule is CCCN(C(=O)N(C)c1ccc(-c2ccc(N(C)C(=O)N(CCC)c3ccc(N(C)C)cc3)cc2C)c(C)c1)c1ccc(N(C)C)cc1. The second kappa shape index (κ2) is 15.7. The van der Waals surface area contributed by atoms with Gasteiger partial charge in [-0.15, -0.1) is 0 Å². The van der Waals surface area contributed by atoms with Gasteiger partial charge in [0.2, 0.25) is 0 Å². The minimum Gasteiger partial charge on any atom is -0.378 e. The maximum Gasteiger partial charge on any atom is 0.328 e. The van der Waals surface area contributed by atoms with E-state index in [0.717, 1.165) is 69.2 Å². The number of urea groups is 2. The highest BCUT2D eigenvalue weighted by Gasteiger charge is 2.23. The van der Waals surface area contributed by atoms with E-state index in [-0.39, 0.29) is 12.1 Å². The lowest BCUT2D eigenvalue weighted by Crippen LogP contribution is -2.42. The molecule has 4 aromatic carbocycles. The van der Waals surface area contributed by atoms with Crippen molar-refractivity contribution < 1.29 is 9.59 Å². The van der Waals surface area contributed by atoms with Gasteiger partial charge in [0.15, 0.2) is 0 Å². The average molecular weight is 649 g/mol. The van der Waals surface area contributed by atoms with E-state index >= 15 is 0 Å². The lowest BCUT2D eigenvalue weighted by atomic mass is 9.95. The van der Waals surface area contributed by atoms with Crippen LogP contribution in [-0.4, -0.2) is 67.4 Å². The van der Waals surface area contributed by atoms with E-state index in [2.05, 4.69) is 52.0 Å². The standard InChI is InChI=1S/C40H52N6O2/c1-11-25-45(33-17-13-31(14-18-33)41(5)6)39(47)43(9)35-21-23-37(29(3)27-35)38-24-22-36(28-30(38)4)44(10)40(48)46(26-12-2)34-19-15-32(16-20-34)42(7)8/h13-24,27-28H,11-12,25-26H2,1-10H3. The van der Waals surface area contributed by atoms with Crippen LogP contribution in [0.5, 0.6) is 0 Å². The van der Waals surface area contributed by atoms with Crippen LogP contribution in [0.2, 0.25) is 0 Å². The van der Waals surface area contributed by atoms with E-state index in [9.17, 15) is 9.59 Å². The first-order valence-electron chi connectivity index (χ1n) is 16.7. The Labute approximate surface area is 287 Å². The number of carbonyl (C=O) groups excluding carboxylic acids is 2. The molecule has 8 nitrogen and oxygen atoms in total. The van der Waals surface area contributed by atoms with Crippen molar-refractivity contribution in [1.29, 1.82) is 0 Å². The van der Waals surface area contributed by atoms with Crippen molar-refractivity contribution in [3.8, 4) is 11.1 Å². The zero-order valence-corrected chi connectivity index (χ0v) is 30.4. The molecular weight excluding hydrogens is 596 g/mol. The molecule has 0 aliphatic rings. The highest BCUT2D eigenvalue weighted by molar-refractivity contribution is 6.04. The second-order valence-corrected chi connectivity index (χ2v) is 12.8. The molecule has 4 aromatic rings. The lowest BCUT2D eigenvalue weighted by molar-refractivity contribution is 0.251. The monoisotopic (exact) mass is 648 g/mol. The normalized spacial score (nSPS) is 10.8. The highest BCUT2D eigenvalue weighted by Crippen LogP contribution is 2.33. The number of hydrogen-bond acceptors (Lipinski definition) is 4. The fourth-order valence-corrected chi connectivity index (χ4v) is 5.88. The number of aryl methyl sites for hydroxylation is 2. The molecule has 0 saturated carbocycles. The maximum absolute atomic E-state index is 13.8. The van der Waals surface area contributed by atoms with Crippen molar-refractivity contribution in [3.63, 3.8) is 0 Å². The van der Waals surface area contributed by atoms with E-state index in [4.69, 9.17) is 0 Å². The molecule has 48 heavy (non-hydrogen) atoms. The summed E-state index contributed by atoms with van der Waals surface area (Å²) in [5.74, 6) is 0. The summed E-state index contributed by atoms with van der Waals surface area (Å²) in [4.78, 5) is 38.7. The molecule has 0 aromatic heterocycles. The highest BCUT2D eigenvalue weighted by atomic mass is 16.2. The van der Waals surface area contributed by atoms with Crippen LogP contribution in [0, 0.1) is 13.8 Å². The van der Waals surface area contributed by atoms with E-state index < -0.39 is 0 Å². The molecule has 0 unspecified atom stereocenters. The van der Waals surface area contributed by atoms with Gasteiger partial charge in [0.1, 0.15) is 0 Å². The molecule has 0 atom stereocenters. The van der Waals surface area contributed by atoms with Crippen LogP contribution in [0.1, 0.15) is 37.8 Å². The Morgan fingerprint density at radius 3 is 1.02 bits per heavy atom. The van der Waals surface area contributed by atoms with E-state index in [1.807, 2.05) is 123 Å². The minimum absolute atomic E-state index is 0.0689. The first kappa shape index (κ1) is 35.9. The third-order valence-corrected chi connectivity index (χ3v) is 8.77. The molecule has 8 heteroatoms. The molecule has 0 saturated heterocycles. The molecule has 0 spiro atoms. The summed E-state index contributed by atoms with van der Waals surface area (Å²) in [7, 11) is 11.7. The molecule has 0 aliphatic heterocycles. The fourth-order valence-electron chi connectivity index (χ4n) is 5.88. The molecule has 0 fully saturated rings. The molecule has 0 aliphatic carbocycles. The molecule has 0 bridgehead atoms. The molecule has 0 N–H and O–H groups in total. The van der Waals surface area contributed by atoms with Gasteiger partial charge in [-0.1, -0.05) is 26.0 Å². The van der Waals surface area contributed by atoms with Crippen molar-refractivity contribution >= 4 is 46.2 Å². The first-order chi connectivity index (χ1) is 22.9. The summed E-state index contributed by atoms with van der Waals surface area (Å²) in [6.45, 7) is 9.58. The van der Waals surface area contributed by atoms with Crippen LogP contribution < -0.4 is 29.4 Å². The molecule has 4 rings (SSSR count). The summed E-state index contributed by atoms with van der Waals surface area (Å²) >= 11 is 0. The third kappa shape index (κ3) is 7.93. The number of benzene rings is 4. The van der Waals surface area contributed by atoms with Gasteiger partial charge < -0.3 is 9.80 Å². The van der Waals surface area contributed by atoms with Gasteiger partial charge in [0, 0.05) is 89.5 Å². The van der Waals surface area contributed by atoms with Crippen LogP contribution in [0.25, 0.3) is 11.1 Å². The van der Waals surface area contributed by atoms with Gasteiger partial charge >= 0.3 is 12.1 Å². The minimum atomic E-state index is -0.0689. The Balaban J connectivity index is 1.54. The van der Waals surface area contributed by atoms with Gasteiger partial charge in [0.25, 0.3) is 0 Å². The fraction of sp³-hybridized carbons (Fsp3) is 0.350. The summed E-state index contributed by atoms with van der Waals surface area (Å²) in [5.41, 5.74) is 9.94. The largest absolute Gasteiger partial charge is 0.378 e. The Bertz CT molecular complexity index is 1570. The number of rotatable bonds is 11. The molecule has 254 valence electrons. The third-order valence-electron chi connectivity index (χ3n) is 8.77. The van der Waals surface area contributed by atoms with Gasteiger partial charge in [0.05, 0.1) is 0 Å².